The predicted molar refractivity (Wildman–Crippen MR) is 55.6 cm³/mol. The van der Waals surface area contributed by atoms with Crippen LogP contribution in [0.2, 0.25) is 0 Å². The van der Waals surface area contributed by atoms with Crippen molar-refractivity contribution in [1.82, 2.24) is 0 Å². The van der Waals surface area contributed by atoms with Crippen LogP contribution in [-0.2, 0) is 0 Å². The summed E-state index contributed by atoms with van der Waals surface area (Å²) in [4.78, 5) is 20.6. The summed E-state index contributed by atoms with van der Waals surface area (Å²) in [6.45, 7) is 6.56. The summed E-state index contributed by atoms with van der Waals surface area (Å²) in [5, 5.41) is 22.1. The zero-order valence-corrected chi connectivity index (χ0v) is 9.60. The van der Waals surface area contributed by atoms with E-state index >= 15 is 0 Å². The molecule has 0 atom stereocenters. The molecule has 0 N–H and O–H groups in total. The Morgan fingerprint density at radius 2 is 1.40 bits per heavy atom. The van der Waals surface area contributed by atoms with Crippen LogP contribution in [0.3, 0.4) is 0 Å². The molecule has 0 aliphatic rings. The maximum atomic E-state index is 11.0. The fourth-order valence-electron chi connectivity index (χ4n) is 2.15. The second-order valence-electron chi connectivity index (χ2n) is 3.97. The standard InChI is InChI=1S/C9H18N2O4/c1-5-8(6-2)9(7(3)4,10(12)13)11(14)15/h7-8H,5-6H2,1-4H3. The van der Waals surface area contributed by atoms with Gasteiger partial charge in [0.25, 0.3) is 0 Å². The first-order valence-corrected chi connectivity index (χ1v) is 5.14. The van der Waals surface area contributed by atoms with E-state index in [1.165, 1.54) is 13.8 Å². The normalized spacial score (nSPS) is 12.1. The van der Waals surface area contributed by atoms with Crippen LogP contribution in [0.1, 0.15) is 40.5 Å². The molecular weight excluding hydrogens is 200 g/mol. The van der Waals surface area contributed by atoms with Crippen molar-refractivity contribution in [3.63, 3.8) is 0 Å². The quantitative estimate of drug-likeness (QED) is 0.389. The van der Waals surface area contributed by atoms with Gasteiger partial charge in [0.05, 0.1) is 15.8 Å². The van der Waals surface area contributed by atoms with Gasteiger partial charge >= 0.3 is 5.66 Å². The summed E-state index contributed by atoms with van der Waals surface area (Å²) in [6, 6.07) is 0. The van der Waals surface area contributed by atoms with Gasteiger partial charge in [-0.15, -0.1) is 0 Å². The van der Waals surface area contributed by atoms with Gasteiger partial charge in [0.15, 0.2) is 0 Å². The lowest BCUT2D eigenvalue weighted by atomic mass is 9.80. The van der Waals surface area contributed by atoms with E-state index in [0.717, 1.165) is 0 Å². The first-order chi connectivity index (χ1) is 6.85. The van der Waals surface area contributed by atoms with Crippen molar-refractivity contribution in [2.75, 3.05) is 0 Å². The molecule has 15 heavy (non-hydrogen) atoms. The highest BCUT2D eigenvalue weighted by atomic mass is 16.7. The molecule has 0 amide bonds. The molecule has 0 aromatic rings. The van der Waals surface area contributed by atoms with E-state index in [4.69, 9.17) is 0 Å². The van der Waals surface area contributed by atoms with Crippen molar-refractivity contribution in [3.8, 4) is 0 Å². The van der Waals surface area contributed by atoms with Gasteiger partial charge < -0.3 is 0 Å². The van der Waals surface area contributed by atoms with Gasteiger partial charge in [0.2, 0.25) is 0 Å². The van der Waals surface area contributed by atoms with Crippen molar-refractivity contribution < 1.29 is 9.85 Å². The van der Waals surface area contributed by atoms with Crippen LogP contribution in [0.15, 0.2) is 0 Å². The second-order valence-corrected chi connectivity index (χ2v) is 3.97. The van der Waals surface area contributed by atoms with Crippen LogP contribution in [0, 0.1) is 32.1 Å². The Morgan fingerprint density at radius 1 is 1.07 bits per heavy atom. The summed E-state index contributed by atoms with van der Waals surface area (Å²) in [5.74, 6) is -1.14. The minimum absolute atomic E-state index is 0.441. The monoisotopic (exact) mass is 218 g/mol. The molecule has 0 unspecified atom stereocenters. The second kappa shape index (κ2) is 5.04. The lowest BCUT2D eigenvalue weighted by molar-refractivity contribution is -0.816. The molecule has 0 rings (SSSR count). The molecule has 0 fully saturated rings. The fourth-order valence-corrected chi connectivity index (χ4v) is 2.15. The van der Waals surface area contributed by atoms with Gasteiger partial charge in [0, 0.05) is 0 Å². The first kappa shape index (κ1) is 13.8. The molecule has 0 radical (unpaired) electrons. The van der Waals surface area contributed by atoms with E-state index in [9.17, 15) is 20.2 Å². The van der Waals surface area contributed by atoms with Crippen molar-refractivity contribution >= 4 is 0 Å². The van der Waals surface area contributed by atoms with Crippen LogP contribution >= 0.6 is 0 Å². The SMILES string of the molecule is CCC(CC)C(C(C)C)([N+](=O)[O-])[N+](=O)[O-]. The van der Waals surface area contributed by atoms with Crippen LogP contribution in [-0.4, -0.2) is 15.5 Å². The van der Waals surface area contributed by atoms with E-state index in [0.29, 0.717) is 12.8 Å². The van der Waals surface area contributed by atoms with Gasteiger partial charge in [0.1, 0.15) is 5.92 Å². The van der Waals surface area contributed by atoms with Crippen LogP contribution in [0.25, 0.3) is 0 Å². The third-order valence-corrected chi connectivity index (χ3v) is 3.02. The van der Waals surface area contributed by atoms with E-state index in [-0.39, 0.29) is 0 Å². The highest BCUT2D eigenvalue weighted by Crippen LogP contribution is 2.34. The molecular formula is C9H18N2O4. The Kier molecular flexibility index (Phi) is 4.64. The van der Waals surface area contributed by atoms with Crippen molar-refractivity contribution in [1.29, 1.82) is 0 Å². The van der Waals surface area contributed by atoms with Gasteiger partial charge in [-0.1, -0.05) is 13.8 Å². The lowest BCUT2D eigenvalue weighted by Crippen LogP contribution is -2.56. The third-order valence-electron chi connectivity index (χ3n) is 3.02. The summed E-state index contributed by atoms with van der Waals surface area (Å²) in [7, 11) is 0. The van der Waals surface area contributed by atoms with Gasteiger partial charge in [-0.25, -0.2) is 0 Å². The Balaban J connectivity index is 5.50. The topological polar surface area (TPSA) is 86.3 Å². The molecule has 0 aliphatic heterocycles. The van der Waals surface area contributed by atoms with Crippen LogP contribution in [0.5, 0.6) is 0 Å². The molecule has 0 spiro atoms. The maximum Gasteiger partial charge on any atom is 0.463 e. The molecule has 6 heteroatoms. The Hall–Kier alpha value is -1.20. The molecule has 88 valence electrons. The van der Waals surface area contributed by atoms with Gasteiger partial charge in [-0.05, 0) is 26.7 Å². The van der Waals surface area contributed by atoms with E-state index in [1.807, 2.05) is 0 Å². The smallest absolute Gasteiger partial charge is 0.258 e. The molecule has 0 aromatic heterocycles. The third kappa shape index (κ3) is 2.08. The molecule has 0 aliphatic carbocycles. The molecule has 6 nitrogen and oxygen atoms in total. The zero-order valence-electron chi connectivity index (χ0n) is 9.60. The highest BCUT2D eigenvalue weighted by molar-refractivity contribution is 4.79. The summed E-state index contributed by atoms with van der Waals surface area (Å²) >= 11 is 0. The van der Waals surface area contributed by atoms with E-state index in [2.05, 4.69) is 0 Å². The van der Waals surface area contributed by atoms with Crippen molar-refractivity contribution in [2.24, 2.45) is 11.8 Å². The lowest BCUT2D eigenvalue weighted by Gasteiger charge is -2.26. The summed E-state index contributed by atoms with van der Waals surface area (Å²) in [5.41, 5.74) is -2.04. The predicted octanol–water partition coefficient (Wildman–Crippen LogP) is 2.33. The highest BCUT2D eigenvalue weighted by Gasteiger charge is 2.63. The van der Waals surface area contributed by atoms with E-state index < -0.39 is 27.3 Å². The average Bonchev–Trinajstić information content (AvgIpc) is 2.11. The Bertz CT molecular complexity index is 234. The number of nitro groups is 2. The van der Waals surface area contributed by atoms with Crippen molar-refractivity contribution in [2.45, 2.75) is 46.2 Å². The minimum Gasteiger partial charge on any atom is -0.258 e. The largest absolute Gasteiger partial charge is 0.463 e. The number of hydrogen-bond donors (Lipinski definition) is 0. The van der Waals surface area contributed by atoms with Crippen LogP contribution in [0.4, 0.5) is 0 Å². The number of nitrogens with zero attached hydrogens (tertiary/aromatic N) is 2. The Morgan fingerprint density at radius 3 is 1.47 bits per heavy atom. The van der Waals surface area contributed by atoms with Gasteiger partial charge in [-0.3, -0.25) is 20.2 Å². The molecule has 0 bridgehead atoms. The summed E-state index contributed by atoms with van der Waals surface area (Å²) < 4.78 is 0. The molecule has 0 aromatic carbocycles. The first-order valence-electron chi connectivity index (χ1n) is 5.14. The van der Waals surface area contributed by atoms with Crippen molar-refractivity contribution in [3.05, 3.63) is 20.2 Å². The fraction of sp³-hybridized carbons (Fsp3) is 1.00. The van der Waals surface area contributed by atoms with E-state index in [1.54, 1.807) is 13.8 Å². The van der Waals surface area contributed by atoms with Gasteiger partial charge in [-0.2, -0.15) is 0 Å². The minimum atomic E-state index is -2.04. The average molecular weight is 218 g/mol. The maximum absolute atomic E-state index is 11.0. The van der Waals surface area contributed by atoms with Crippen LogP contribution < -0.4 is 0 Å². The molecule has 0 heterocycles. The number of rotatable bonds is 6. The zero-order chi connectivity index (χ0) is 12.2. The number of hydrogen-bond acceptors (Lipinski definition) is 4. The molecule has 0 saturated heterocycles. The summed E-state index contributed by atoms with van der Waals surface area (Å²) in [6.07, 6.45) is 0.882. The Labute approximate surface area is 89.0 Å². The molecule has 0 saturated carbocycles.